The first-order valence-electron chi connectivity index (χ1n) is 9.82. The number of carbonyl (C=O) groups is 1. The van der Waals surface area contributed by atoms with E-state index in [1.54, 1.807) is 0 Å². The molecule has 2 aliphatic rings. The molecule has 0 bridgehead atoms. The van der Waals surface area contributed by atoms with Gasteiger partial charge in [-0.1, -0.05) is 49.6 Å². The van der Waals surface area contributed by atoms with Crippen molar-refractivity contribution in [2.24, 2.45) is 5.14 Å². The fourth-order valence-electron chi connectivity index (χ4n) is 4.06. The van der Waals surface area contributed by atoms with Crippen LogP contribution >= 0.6 is 0 Å². The minimum absolute atomic E-state index is 0.00629. The van der Waals surface area contributed by atoms with E-state index in [2.05, 4.69) is 5.32 Å². The van der Waals surface area contributed by atoms with E-state index in [0.717, 1.165) is 31.2 Å². The molecule has 0 spiro atoms. The first-order valence-corrected chi connectivity index (χ1v) is 11.3. The number of nitrogens with one attached hydrogen (secondary N) is 1. The molecule has 8 heteroatoms. The molecule has 3 N–H and O–H groups in total. The van der Waals surface area contributed by atoms with E-state index >= 15 is 0 Å². The van der Waals surface area contributed by atoms with Crippen LogP contribution in [0.3, 0.4) is 0 Å². The second kappa shape index (κ2) is 9.03. The van der Waals surface area contributed by atoms with Crippen molar-refractivity contribution in [3.63, 3.8) is 0 Å². The van der Waals surface area contributed by atoms with Crippen LogP contribution in [-0.4, -0.2) is 48.8 Å². The third kappa shape index (κ3) is 5.67. The van der Waals surface area contributed by atoms with Crippen molar-refractivity contribution in [3.05, 3.63) is 35.9 Å². The normalized spacial score (nSPS) is 20.3. The highest BCUT2D eigenvalue weighted by Gasteiger charge is 2.32. The second-order valence-electron chi connectivity index (χ2n) is 7.57. The summed E-state index contributed by atoms with van der Waals surface area (Å²) in [7, 11) is -3.66. The van der Waals surface area contributed by atoms with E-state index in [4.69, 9.17) is 5.14 Å². The molecule has 1 aliphatic heterocycles. The number of urea groups is 1. The molecular weight excluding hydrogens is 364 g/mol. The van der Waals surface area contributed by atoms with Gasteiger partial charge < -0.3 is 10.2 Å². The monoisotopic (exact) mass is 394 g/mol. The Morgan fingerprint density at radius 2 is 1.70 bits per heavy atom. The SMILES string of the molecule is NS(=O)(=O)N1CCC(N(Cc2ccccc2)C(=O)NC2CCCCC2)CC1. The number of amides is 2. The van der Waals surface area contributed by atoms with E-state index in [0.29, 0.717) is 32.5 Å². The molecule has 2 fully saturated rings. The minimum Gasteiger partial charge on any atom is -0.335 e. The molecule has 0 atom stereocenters. The highest BCUT2D eigenvalue weighted by molar-refractivity contribution is 7.86. The fraction of sp³-hybridized carbons (Fsp3) is 0.632. The highest BCUT2D eigenvalue weighted by atomic mass is 32.2. The zero-order valence-electron chi connectivity index (χ0n) is 15.7. The van der Waals surface area contributed by atoms with Gasteiger partial charge in [0.05, 0.1) is 0 Å². The number of piperidine rings is 1. The van der Waals surface area contributed by atoms with Crippen molar-refractivity contribution in [1.29, 1.82) is 0 Å². The molecule has 0 radical (unpaired) electrons. The molecule has 1 saturated heterocycles. The first-order chi connectivity index (χ1) is 12.9. The summed E-state index contributed by atoms with van der Waals surface area (Å²) < 4.78 is 24.4. The van der Waals surface area contributed by atoms with Crippen molar-refractivity contribution in [2.45, 2.75) is 63.6 Å². The largest absolute Gasteiger partial charge is 0.335 e. The predicted octanol–water partition coefficient (Wildman–Crippen LogP) is 2.20. The van der Waals surface area contributed by atoms with Crippen molar-refractivity contribution in [1.82, 2.24) is 14.5 Å². The summed E-state index contributed by atoms with van der Waals surface area (Å²) in [6.45, 7) is 1.23. The average Bonchev–Trinajstić information content (AvgIpc) is 2.67. The van der Waals surface area contributed by atoms with Crippen molar-refractivity contribution < 1.29 is 13.2 Å². The lowest BCUT2D eigenvalue weighted by Crippen LogP contribution is -2.53. The van der Waals surface area contributed by atoms with Crippen LogP contribution in [-0.2, 0) is 16.8 Å². The van der Waals surface area contributed by atoms with E-state index in [1.165, 1.54) is 10.7 Å². The third-order valence-electron chi connectivity index (χ3n) is 5.61. The Balaban J connectivity index is 1.68. The smallest absolute Gasteiger partial charge is 0.318 e. The lowest BCUT2D eigenvalue weighted by Gasteiger charge is -2.38. The molecule has 0 aromatic heterocycles. The van der Waals surface area contributed by atoms with Crippen LogP contribution in [0.1, 0.15) is 50.5 Å². The number of hydrogen-bond acceptors (Lipinski definition) is 3. The van der Waals surface area contributed by atoms with E-state index < -0.39 is 10.2 Å². The van der Waals surface area contributed by atoms with Gasteiger partial charge in [-0.05, 0) is 31.2 Å². The fourth-order valence-corrected chi connectivity index (χ4v) is 4.78. The van der Waals surface area contributed by atoms with Crippen LogP contribution in [0, 0.1) is 0 Å². The predicted molar refractivity (Wildman–Crippen MR) is 105 cm³/mol. The number of nitrogens with zero attached hydrogens (tertiary/aromatic N) is 2. The van der Waals surface area contributed by atoms with Gasteiger partial charge in [-0.2, -0.15) is 12.7 Å². The van der Waals surface area contributed by atoms with Gasteiger partial charge in [0.25, 0.3) is 10.2 Å². The molecule has 1 aromatic rings. The summed E-state index contributed by atoms with van der Waals surface area (Å²) in [5, 5.41) is 8.45. The van der Waals surface area contributed by atoms with Crippen LogP contribution in [0.25, 0.3) is 0 Å². The maximum absolute atomic E-state index is 13.1. The molecule has 1 aliphatic carbocycles. The molecule has 2 amide bonds. The second-order valence-corrected chi connectivity index (χ2v) is 9.12. The topological polar surface area (TPSA) is 95.7 Å². The van der Waals surface area contributed by atoms with Crippen molar-refractivity contribution >= 4 is 16.2 Å². The standard InChI is InChI=1S/C19H30N4O3S/c20-27(25,26)22-13-11-18(12-14-22)23(15-16-7-3-1-4-8-16)19(24)21-17-9-5-2-6-10-17/h1,3-4,7-8,17-18H,2,5-6,9-15H2,(H,21,24)(H2,20,25,26). The molecule has 1 saturated carbocycles. The van der Waals surface area contributed by atoms with Crippen LogP contribution in [0.2, 0.25) is 0 Å². The number of rotatable bonds is 5. The van der Waals surface area contributed by atoms with Gasteiger partial charge in [0.2, 0.25) is 0 Å². The lowest BCUT2D eigenvalue weighted by atomic mass is 9.95. The molecule has 1 aromatic carbocycles. The van der Waals surface area contributed by atoms with Gasteiger partial charge in [-0.25, -0.2) is 9.93 Å². The Labute approximate surface area is 162 Å². The Bertz CT molecular complexity index is 712. The van der Waals surface area contributed by atoms with Gasteiger partial charge in [-0.3, -0.25) is 0 Å². The number of carbonyl (C=O) groups excluding carboxylic acids is 1. The van der Waals surface area contributed by atoms with Crippen LogP contribution < -0.4 is 10.5 Å². The number of benzene rings is 1. The zero-order valence-corrected chi connectivity index (χ0v) is 16.5. The summed E-state index contributed by atoms with van der Waals surface area (Å²) in [6.07, 6.45) is 6.84. The molecule has 1 heterocycles. The Morgan fingerprint density at radius 1 is 1.07 bits per heavy atom. The van der Waals surface area contributed by atoms with Gasteiger partial charge in [0.1, 0.15) is 0 Å². The summed E-state index contributed by atoms with van der Waals surface area (Å²) in [6, 6.07) is 10.1. The maximum Gasteiger partial charge on any atom is 0.318 e. The third-order valence-corrected chi connectivity index (χ3v) is 6.70. The van der Waals surface area contributed by atoms with Gasteiger partial charge >= 0.3 is 6.03 Å². The Hall–Kier alpha value is -1.64. The maximum atomic E-state index is 13.1. The lowest BCUT2D eigenvalue weighted by molar-refractivity contribution is 0.136. The zero-order chi connectivity index (χ0) is 19.3. The van der Waals surface area contributed by atoms with Crippen LogP contribution in [0.15, 0.2) is 30.3 Å². The summed E-state index contributed by atoms with van der Waals surface area (Å²) in [4.78, 5) is 14.9. The van der Waals surface area contributed by atoms with E-state index in [-0.39, 0.29) is 18.1 Å². The van der Waals surface area contributed by atoms with Crippen LogP contribution in [0.5, 0.6) is 0 Å². The average molecular weight is 395 g/mol. The number of nitrogens with two attached hydrogens (primary N) is 1. The quantitative estimate of drug-likeness (QED) is 0.801. The molecule has 0 unspecified atom stereocenters. The summed E-state index contributed by atoms with van der Waals surface area (Å²) >= 11 is 0. The minimum atomic E-state index is -3.66. The Kier molecular flexibility index (Phi) is 6.73. The van der Waals surface area contributed by atoms with Gasteiger partial charge in [0, 0.05) is 31.7 Å². The Morgan fingerprint density at radius 3 is 2.30 bits per heavy atom. The summed E-state index contributed by atoms with van der Waals surface area (Å²) in [5.74, 6) is 0. The summed E-state index contributed by atoms with van der Waals surface area (Å²) in [5.41, 5.74) is 1.07. The highest BCUT2D eigenvalue weighted by Crippen LogP contribution is 2.22. The van der Waals surface area contributed by atoms with Crippen molar-refractivity contribution in [2.75, 3.05) is 13.1 Å². The van der Waals surface area contributed by atoms with Crippen molar-refractivity contribution in [3.8, 4) is 0 Å². The molecule has 27 heavy (non-hydrogen) atoms. The van der Waals surface area contributed by atoms with E-state index in [9.17, 15) is 13.2 Å². The molecular formula is C19H30N4O3S. The van der Waals surface area contributed by atoms with Gasteiger partial charge in [0.15, 0.2) is 0 Å². The molecule has 150 valence electrons. The first kappa shape index (κ1) is 20.1. The molecule has 3 rings (SSSR count). The molecule has 7 nitrogen and oxygen atoms in total. The van der Waals surface area contributed by atoms with Gasteiger partial charge in [-0.15, -0.1) is 0 Å². The van der Waals surface area contributed by atoms with E-state index in [1.807, 2.05) is 35.2 Å². The number of hydrogen-bond donors (Lipinski definition) is 2. The van der Waals surface area contributed by atoms with Crippen LogP contribution in [0.4, 0.5) is 4.79 Å².